The summed E-state index contributed by atoms with van der Waals surface area (Å²) in [6, 6.07) is 0. The van der Waals surface area contributed by atoms with Crippen molar-refractivity contribution in [1.82, 2.24) is 0 Å². The van der Waals surface area contributed by atoms with Crippen molar-refractivity contribution in [2.75, 3.05) is 19.8 Å². The van der Waals surface area contributed by atoms with Crippen LogP contribution in [-0.4, -0.2) is 29.6 Å². The number of phosphoric ester groups is 1. The highest BCUT2D eigenvalue weighted by molar-refractivity contribution is 7.46. The van der Waals surface area contributed by atoms with Gasteiger partial charge in [0.05, 0.1) is 6.61 Å². The number of hydrogen-bond acceptors (Lipinski definition) is 3. The lowest BCUT2D eigenvalue weighted by Crippen LogP contribution is -1.92. The summed E-state index contributed by atoms with van der Waals surface area (Å²) in [6.07, 6.45) is 12.0. The molecule has 0 aliphatic rings. The molecule has 0 saturated heterocycles. The summed E-state index contributed by atoms with van der Waals surface area (Å²) < 4.78 is 19.6. The molecule has 0 bridgehead atoms. The Balaban J connectivity index is -0.000000534. The van der Waals surface area contributed by atoms with E-state index >= 15 is 0 Å². The molecule has 0 spiro atoms. The van der Waals surface area contributed by atoms with Crippen LogP contribution in [0.4, 0.5) is 0 Å². The van der Waals surface area contributed by atoms with Crippen molar-refractivity contribution in [2.24, 2.45) is 0 Å². The molecule has 0 amide bonds. The molecule has 5 nitrogen and oxygen atoms in total. The lowest BCUT2D eigenvalue weighted by molar-refractivity contribution is 0.162. The molecule has 0 radical (unpaired) electrons. The quantitative estimate of drug-likeness (QED) is 0.228. The largest absolute Gasteiger partial charge is 0.469 e. The second-order valence-electron chi connectivity index (χ2n) is 5.29. The van der Waals surface area contributed by atoms with E-state index in [2.05, 4.69) is 24.6 Å². The molecular formula is C18H41O5P. The van der Waals surface area contributed by atoms with Crippen LogP contribution >= 0.6 is 7.82 Å². The van der Waals surface area contributed by atoms with Crippen LogP contribution in [0.1, 0.15) is 85.0 Å². The van der Waals surface area contributed by atoms with E-state index in [1.807, 2.05) is 13.8 Å². The van der Waals surface area contributed by atoms with Crippen LogP contribution in [0.3, 0.4) is 0 Å². The van der Waals surface area contributed by atoms with E-state index in [-0.39, 0.29) is 6.61 Å². The van der Waals surface area contributed by atoms with Crippen molar-refractivity contribution in [3.05, 3.63) is 13.2 Å². The van der Waals surface area contributed by atoms with E-state index in [0.29, 0.717) is 0 Å². The van der Waals surface area contributed by atoms with Crippen molar-refractivity contribution in [3.63, 3.8) is 0 Å². The number of rotatable bonds is 14. The summed E-state index contributed by atoms with van der Waals surface area (Å²) in [5, 5.41) is 0. The molecule has 24 heavy (non-hydrogen) atoms. The summed E-state index contributed by atoms with van der Waals surface area (Å²) in [6.45, 7) is 14.1. The Labute approximate surface area is 150 Å². The first kappa shape index (κ1) is 28.6. The van der Waals surface area contributed by atoms with E-state index in [9.17, 15) is 4.57 Å². The molecular weight excluding hydrogens is 327 g/mol. The van der Waals surface area contributed by atoms with Crippen LogP contribution in [0.5, 0.6) is 0 Å². The van der Waals surface area contributed by atoms with Crippen molar-refractivity contribution in [1.29, 1.82) is 0 Å². The molecule has 0 aromatic heterocycles. The summed E-state index contributed by atoms with van der Waals surface area (Å²) in [5.74, 6) is 0. The molecule has 0 saturated carbocycles. The predicted octanol–water partition coefficient (Wildman–Crippen LogP) is 5.86. The highest BCUT2D eigenvalue weighted by Gasteiger charge is 2.12. The fourth-order valence-corrected chi connectivity index (χ4v) is 2.34. The van der Waals surface area contributed by atoms with E-state index < -0.39 is 7.82 Å². The Morgan fingerprint density at radius 1 is 0.750 bits per heavy atom. The third-order valence-electron chi connectivity index (χ3n) is 3.17. The molecule has 0 atom stereocenters. The predicted molar refractivity (Wildman–Crippen MR) is 103 cm³/mol. The third-order valence-corrected chi connectivity index (χ3v) is 3.68. The van der Waals surface area contributed by atoms with Gasteiger partial charge in [0.1, 0.15) is 0 Å². The maximum Gasteiger partial charge on any atom is 0.469 e. The summed E-state index contributed by atoms with van der Waals surface area (Å²) >= 11 is 0. The molecule has 0 heterocycles. The number of ether oxygens (including phenoxy) is 1. The van der Waals surface area contributed by atoms with Gasteiger partial charge in [0, 0.05) is 13.2 Å². The second-order valence-corrected chi connectivity index (χ2v) is 6.53. The van der Waals surface area contributed by atoms with Gasteiger partial charge in [0.2, 0.25) is 0 Å². The van der Waals surface area contributed by atoms with E-state index in [4.69, 9.17) is 14.5 Å². The molecule has 0 rings (SSSR count). The monoisotopic (exact) mass is 368 g/mol. The van der Waals surface area contributed by atoms with Gasteiger partial charge in [-0.05, 0) is 20.3 Å². The fraction of sp³-hybridized carbons (Fsp3) is 0.889. The second kappa shape index (κ2) is 25.1. The smallest absolute Gasteiger partial charge is 0.382 e. The first-order valence-electron chi connectivity index (χ1n) is 9.25. The Morgan fingerprint density at radius 2 is 1.12 bits per heavy atom. The third kappa shape index (κ3) is 37.8. The van der Waals surface area contributed by atoms with Crippen LogP contribution < -0.4 is 0 Å². The van der Waals surface area contributed by atoms with Crippen molar-refractivity contribution < 1.29 is 23.6 Å². The van der Waals surface area contributed by atoms with Crippen LogP contribution in [0, 0.1) is 0 Å². The van der Waals surface area contributed by atoms with Crippen molar-refractivity contribution in [3.8, 4) is 0 Å². The van der Waals surface area contributed by atoms with Crippen LogP contribution in [0.25, 0.3) is 0 Å². The molecule has 0 fully saturated rings. The topological polar surface area (TPSA) is 76.0 Å². The first-order chi connectivity index (χ1) is 11.5. The Hall–Kier alpha value is -0.190. The molecule has 0 aromatic rings. The van der Waals surface area contributed by atoms with E-state index in [0.717, 1.165) is 32.5 Å². The van der Waals surface area contributed by atoms with Crippen molar-refractivity contribution in [2.45, 2.75) is 85.0 Å². The van der Waals surface area contributed by atoms with Gasteiger partial charge in [0.15, 0.2) is 0 Å². The van der Waals surface area contributed by atoms with E-state index in [1.54, 1.807) is 0 Å². The summed E-state index contributed by atoms with van der Waals surface area (Å²) in [7, 11) is -4.24. The molecule has 2 N–H and O–H groups in total. The number of phosphoric acid groups is 1. The zero-order valence-electron chi connectivity index (χ0n) is 16.2. The van der Waals surface area contributed by atoms with Gasteiger partial charge >= 0.3 is 7.82 Å². The fourth-order valence-electron chi connectivity index (χ4n) is 1.98. The first-order valence-corrected chi connectivity index (χ1v) is 10.8. The highest BCUT2D eigenvalue weighted by Crippen LogP contribution is 2.35. The van der Waals surface area contributed by atoms with Crippen molar-refractivity contribution >= 4 is 7.82 Å². The average Bonchev–Trinajstić information content (AvgIpc) is 2.55. The molecule has 6 heteroatoms. The lowest BCUT2D eigenvalue weighted by Gasteiger charge is -2.05. The Kier molecular flexibility index (Phi) is 29.9. The zero-order chi connectivity index (χ0) is 19.1. The standard InChI is InChI=1S/C12H27O4P.C4H10O.C2H4/c1-2-3-4-5-6-7-8-9-10-11-12-16-17(13,14)15;1-3-5-4-2;1-2/h2-12H2,1H3,(H2,13,14,15);3-4H2,1-2H3;1-2H2. The lowest BCUT2D eigenvalue weighted by atomic mass is 10.1. The number of unbranched alkanes of at least 4 members (excludes halogenated alkanes) is 9. The minimum absolute atomic E-state index is 0.167. The molecule has 0 aliphatic heterocycles. The van der Waals surface area contributed by atoms with Gasteiger partial charge in [-0.15, -0.1) is 13.2 Å². The van der Waals surface area contributed by atoms with E-state index in [1.165, 1.54) is 44.9 Å². The highest BCUT2D eigenvalue weighted by atomic mass is 31.2. The Bertz CT molecular complexity index is 254. The molecule has 0 aliphatic carbocycles. The van der Waals surface area contributed by atoms with Gasteiger partial charge in [-0.2, -0.15) is 0 Å². The maximum absolute atomic E-state index is 10.4. The van der Waals surface area contributed by atoms with Gasteiger partial charge in [-0.25, -0.2) is 4.57 Å². The zero-order valence-corrected chi connectivity index (χ0v) is 17.1. The minimum atomic E-state index is -4.24. The SMILES string of the molecule is C=C.CCCCCCCCCCCCOP(=O)(O)O.CCOCC. The Morgan fingerprint density at radius 3 is 1.42 bits per heavy atom. The summed E-state index contributed by atoms with van der Waals surface area (Å²) in [4.78, 5) is 16.9. The normalized spacial score (nSPS) is 10.4. The molecule has 148 valence electrons. The van der Waals surface area contributed by atoms with Crippen LogP contribution in [0.15, 0.2) is 13.2 Å². The van der Waals surface area contributed by atoms with Gasteiger partial charge < -0.3 is 14.5 Å². The van der Waals surface area contributed by atoms with Gasteiger partial charge in [0.25, 0.3) is 0 Å². The summed E-state index contributed by atoms with van der Waals surface area (Å²) in [5.41, 5.74) is 0. The van der Waals surface area contributed by atoms with Gasteiger partial charge in [-0.1, -0.05) is 64.7 Å². The van der Waals surface area contributed by atoms with Gasteiger partial charge in [-0.3, -0.25) is 4.52 Å². The molecule has 0 aromatic carbocycles. The number of hydrogen-bond donors (Lipinski definition) is 2. The minimum Gasteiger partial charge on any atom is -0.382 e. The molecule has 0 unspecified atom stereocenters. The average molecular weight is 368 g/mol. The maximum atomic E-state index is 10.4. The van der Waals surface area contributed by atoms with Crippen LogP contribution in [0.2, 0.25) is 0 Å². The van der Waals surface area contributed by atoms with Crippen LogP contribution in [-0.2, 0) is 13.8 Å².